The van der Waals surface area contributed by atoms with Crippen LogP contribution in [0.1, 0.15) is 32.6 Å². The van der Waals surface area contributed by atoms with Crippen LogP contribution in [0.3, 0.4) is 0 Å². The monoisotopic (exact) mass is 623 g/mol. The molecule has 0 fully saturated rings. The van der Waals surface area contributed by atoms with E-state index in [0.717, 1.165) is 33.2 Å². The maximum atomic E-state index is 12.6. The molecule has 1 aromatic heterocycles. The van der Waals surface area contributed by atoms with Gasteiger partial charge in [0.25, 0.3) is 11.8 Å². The minimum atomic E-state index is -0.353. The van der Waals surface area contributed by atoms with Crippen molar-refractivity contribution in [2.24, 2.45) is 5.10 Å². The second-order valence-electron chi connectivity index (χ2n) is 10.1. The molecular formula is C34H30ClN5O3S. The van der Waals surface area contributed by atoms with Crippen LogP contribution >= 0.6 is 22.9 Å². The lowest BCUT2D eigenvalue weighted by atomic mass is 10.1. The summed E-state index contributed by atoms with van der Waals surface area (Å²) in [5.74, 6) is -0.285. The molecule has 0 saturated heterocycles. The van der Waals surface area contributed by atoms with Gasteiger partial charge in [-0.3, -0.25) is 9.59 Å². The number of aromatic nitrogens is 1. The first kappa shape index (κ1) is 30.5. The highest BCUT2D eigenvalue weighted by Gasteiger charge is 2.10. The molecule has 2 amide bonds. The van der Waals surface area contributed by atoms with E-state index in [1.54, 1.807) is 30.3 Å². The van der Waals surface area contributed by atoms with E-state index in [1.165, 1.54) is 23.1 Å². The van der Waals surface area contributed by atoms with Crippen molar-refractivity contribution in [3.63, 3.8) is 0 Å². The molecule has 0 aliphatic carbocycles. The van der Waals surface area contributed by atoms with Gasteiger partial charge in [0.1, 0.15) is 5.75 Å². The zero-order valence-electron chi connectivity index (χ0n) is 24.4. The largest absolute Gasteiger partial charge is 0.482 e. The molecule has 0 atom stereocenters. The summed E-state index contributed by atoms with van der Waals surface area (Å²) in [6, 6.07) is 26.0. The Labute approximate surface area is 264 Å². The van der Waals surface area contributed by atoms with E-state index in [2.05, 4.69) is 26.1 Å². The summed E-state index contributed by atoms with van der Waals surface area (Å²) in [5, 5.41) is 13.2. The highest BCUT2D eigenvalue weighted by Crippen LogP contribution is 2.28. The van der Waals surface area contributed by atoms with Crippen molar-refractivity contribution in [1.82, 2.24) is 10.4 Å². The van der Waals surface area contributed by atoms with Crippen LogP contribution in [0.5, 0.6) is 5.75 Å². The summed E-state index contributed by atoms with van der Waals surface area (Å²) in [4.78, 5) is 29.6. The Hall–Kier alpha value is -4.99. The number of amides is 2. The number of carbonyl (C=O) groups is 2. The summed E-state index contributed by atoms with van der Waals surface area (Å²) < 4.78 is 5.59. The molecule has 0 radical (unpaired) electrons. The summed E-state index contributed by atoms with van der Waals surface area (Å²) >= 11 is 7.86. The molecule has 5 aromatic rings. The Morgan fingerprint density at radius 1 is 0.909 bits per heavy atom. The molecule has 4 aromatic carbocycles. The van der Waals surface area contributed by atoms with Crippen molar-refractivity contribution in [2.75, 3.05) is 17.2 Å². The van der Waals surface area contributed by atoms with Crippen LogP contribution in [-0.4, -0.2) is 29.6 Å². The molecular weight excluding hydrogens is 594 g/mol. The molecule has 5 rings (SSSR count). The summed E-state index contributed by atoms with van der Waals surface area (Å²) in [7, 11) is 0. The zero-order chi connectivity index (χ0) is 31.1. The van der Waals surface area contributed by atoms with Gasteiger partial charge < -0.3 is 15.4 Å². The summed E-state index contributed by atoms with van der Waals surface area (Å²) in [6.45, 7) is 5.85. The van der Waals surface area contributed by atoms with E-state index in [4.69, 9.17) is 16.3 Å². The molecule has 1 heterocycles. The quantitative estimate of drug-likeness (QED) is 0.108. The van der Waals surface area contributed by atoms with E-state index >= 15 is 0 Å². The molecule has 0 spiro atoms. The van der Waals surface area contributed by atoms with E-state index in [-0.39, 0.29) is 18.4 Å². The number of nitrogens with one attached hydrogen (secondary N) is 3. The van der Waals surface area contributed by atoms with Gasteiger partial charge in [-0.1, -0.05) is 47.5 Å². The number of nitrogens with zero attached hydrogens (tertiary/aromatic N) is 2. The molecule has 0 saturated carbocycles. The minimum absolute atomic E-state index is 0.192. The third-order valence-electron chi connectivity index (χ3n) is 6.73. The van der Waals surface area contributed by atoms with Crippen LogP contribution in [0.4, 0.5) is 16.5 Å². The van der Waals surface area contributed by atoms with Gasteiger partial charge in [0.15, 0.2) is 11.7 Å². The van der Waals surface area contributed by atoms with Crippen molar-refractivity contribution in [1.29, 1.82) is 0 Å². The number of ether oxygens (including phenoxy) is 1. The topological polar surface area (TPSA) is 105 Å². The Balaban J connectivity index is 1.10. The second-order valence-corrected chi connectivity index (χ2v) is 11.4. The van der Waals surface area contributed by atoms with Crippen LogP contribution in [0.25, 0.3) is 11.3 Å². The van der Waals surface area contributed by atoms with E-state index in [0.29, 0.717) is 27.6 Å². The Kier molecular flexibility index (Phi) is 9.69. The Morgan fingerprint density at radius 2 is 1.66 bits per heavy atom. The van der Waals surface area contributed by atoms with Crippen LogP contribution < -0.4 is 20.8 Å². The number of hydrogen-bond donors (Lipinski definition) is 3. The van der Waals surface area contributed by atoms with Gasteiger partial charge >= 0.3 is 0 Å². The van der Waals surface area contributed by atoms with E-state index < -0.39 is 0 Å². The predicted octanol–water partition coefficient (Wildman–Crippen LogP) is 7.91. The lowest BCUT2D eigenvalue weighted by molar-refractivity contribution is -0.118. The maximum absolute atomic E-state index is 12.6. The fraction of sp³-hybridized carbons (Fsp3) is 0.118. The normalized spacial score (nSPS) is 10.9. The molecule has 44 heavy (non-hydrogen) atoms. The van der Waals surface area contributed by atoms with Gasteiger partial charge in [-0.25, -0.2) is 10.4 Å². The van der Waals surface area contributed by atoms with Gasteiger partial charge in [-0.2, -0.15) is 5.10 Å². The standard InChI is InChI=1S/C34H30ClN5O3S/c1-21-4-12-27(13-5-21)38-34-39-30(20-44-34)25-8-10-26(11-9-25)33(42)40-36-18-24-7-15-31(29(35)17-24)43-19-32(41)37-28-14-6-22(2)23(3)16-28/h4-18,20H,19H2,1-3H3,(H,37,41)(H,38,39)(H,40,42)/b36-18+. The first-order valence-electron chi connectivity index (χ1n) is 13.8. The molecule has 222 valence electrons. The van der Waals surface area contributed by atoms with Crippen molar-refractivity contribution in [2.45, 2.75) is 20.8 Å². The third-order valence-corrected chi connectivity index (χ3v) is 7.79. The molecule has 8 nitrogen and oxygen atoms in total. The van der Waals surface area contributed by atoms with Crippen LogP contribution in [0.2, 0.25) is 5.02 Å². The first-order chi connectivity index (χ1) is 21.2. The number of benzene rings is 4. The number of thiazole rings is 1. The van der Waals surface area contributed by atoms with Crippen LogP contribution in [0.15, 0.2) is 95.4 Å². The first-order valence-corrected chi connectivity index (χ1v) is 15.0. The number of hydrogen-bond acceptors (Lipinski definition) is 7. The fourth-order valence-electron chi connectivity index (χ4n) is 4.12. The number of halogens is 1. The van der Waals surface area contributed by atoms with Crippen molar-refractivity contribution >= 4 is 57.5 Å². The lowest BCUT2D eigenvalue weighted by Crippen LogP contribution is -2.20. The fourth-order valence-corrected chi connectivity index (χ4v) is 5.10. The number of rotatable bonds is 10. The van der Waals surface area contributed by atoms with E-state index in [9.17, 15) is 9.59 Å². The number of carbonyl (C=O) groups excluding carboxylic acids is 2. The summed E-state index contributed by atoms with van der Waals surface area (Å²) in [5.41, 5.74) is 10.5. The van der Waals surface area contributed by atoms with Gasteiger partial charge in [0.05, 0.1) is 16.9 Å². The molecule has 0 unspecified atom stereocenters. The molecule has 3 N–H and O–H groups in total. The van der Waals surface area contributed by atoms with Crippen molar-refractivity contribution in [3.05, 3.63) is 123 Å². The molecule has 0 aliphatic rings. The molecule has 10 heteroatoms. The Morgan fingerprint density at radius 3 is 2.39 bits per heavy atom. The summed E-state index contributed by atoms with van der Waals surface area (Å²) in [6.07, 6.45) is 1.48. The smallest absolute Gasteiger partial charge is 0.271 e. The average Bonchev–Trinajstić information content (AvgIpc) is 3.48. The predicted molar refractivity (Wildman–Crippen MR) is 179 cm³/mol. The van der Waals surface area contributed by atoms with Crippen LogP contribution in [0, 0.1) is 20.8 Å². The van der Waals surface area contributed by atoms with Crippen molar-refractivity contribution in [3.8, 4) is 17.0 Å². The maximum Gasteiger partial charge on any atom is 0.271 e. The number of aryl methyl sites for hydroxylation is 3. The van der Waals surface area contributed by atoms with E-state index in [1.807, 2.05) is 80.7 Å². The Bertz CT molecular complexity index is 1820. The second kappa shape index (κ2) is 14.0. The third kappa shape index (κ3) is 8.09. The SMILES string of the molecule is Cc1ccc(Nc2nc(-c3ccc(C(=O)N/N=C/c4ccc(OCC(=O)Nc5ccc(C)c(C)c5)c(Cl)c4)cc3)cs2)cc1. The van der Waals surface area contributed by atoms with Gasteiger partial charge in [0.2, 0.25) is 0 Å². The highest BCUT2D eigenvalue weighted by atomic mass is 35.5. The van der Waals surface area contributed by atoms with Gasteiger partial charge in [-0.05, 0) is 92.1 Å². The minimum Gasteiger partial charge on any atom is -0.482 e. The zero-order valence-corrected chi connectivity index (χ0v) is 25.9. The average molecular weight is 624 g/mol. The highest BCUT2D eigenvalue weighted by molar-refractivity contribution is 7.14. The van der Waals surface area contributed by atoms with Crippen LogP contribution in [-0.2, 0) is 4.79 Å². The molecule has 0 bridgehead atoms. The van der Waals surface area contributed by atoms with Crippen molar-refractivity contribution < 1.29 is 14.3 Å². The lowest BCUT2D eigenvalue weighted by Gasteiger charge is -2.10. The number of anilines is 3. The van der Waals surface area contributed by atoms with Gasteiger partial charge in [0, 0.05) is 27.9 Å². The van der Waals surface area contributed by atoms with Gasteiger partial charge in [-0.15, -0.1) is 11.3 Å². The molecule has 0 aliphatic heterocycles. The number of hydrazone groups is 1.